The van der Waals surface area contributed by atoms with Gasteiger partial charge < -0.3 is 35.1 Å². The second-order valence-corrected chi connectivity index (χ2v) is 7.28. The van der Waals surface area contributed by atoms with Crippen LogP contribution in [0.25, 0.3) is 0 Å². The molecule has 0 saturated carbocycles. The molecule has 4 atom stereocenters. The Morgan fingerprint density at radius 1 is 1.13 bits per heavy atom. The average Bonchev–Trinajstić information content (AvgIpc) is 3.42. The first-order valence-corrected chi connectivity index (χ1v) is 10.3. The number of carbonyl (C=O) groups excluding carboxylic acids is 2. The van der Waals surface area contributed by atoms with Gasteiger partial charge in [0.05, 0.1) is 38.6 Å². The average molecular weight is 445 g/mol. The zero-order valence-electron chi connectivity index (χ0n) is 16.7. The predicted octanol–water partition coefficient (Wildman–Crippen LogP) is 1.58. The van der Waals surface area contributed by atoms with E-state index in [0.29, 0.717) is 39.3 Å². The van der Waals surface area contributed by atoms with Gasteiger partial charge in [-0.15, -0.1) is 0 Å². The van der Waals surface area contributed by atoms with Gasteiger partial charge in [0.1, 0.15) is 12.2 Å². The van der Waals surface area contributed by atoms with E-state index in [1.165, 1.54) is 0 Å². The fraction of sp³-hybridized carbons (Fsp3) is 0.600. The highest BCUT2D eigenvalue weighted by Crippen LogP contribution is 2.11. The van der Waals surface area contributed by atoms with Gasteiger partial charge in [-0.1, -0.05) is 30.3 Å². The first-order chi connectivity index (χ1) is 14.5. The number of hydrogen-bond acceptors (Lipinski definition) is 8. The van der Waals surface area contributed by atoms with Crippen LogP contribution in [0, 0.1) is 0 Å². The van der Waals surface area contributed by atoms with E-state index in [2.05, 4.69) is 10.1 Å². The maximum absolute atomic E-state index is 11.9. The molecule has 9 nitrogen and oxygen atoms in total. The zero-order chi connectivity index (χ0) is 21.8. The quantitative estimate of drug-likeness (QED) is 0.540. The van der Waals surface area contributed by atoms with Crippen molar-refractivity contribution in [3.05, 3.63) is 35.9 Å². The summed E-state index contributed by atoms with van der Waals surface area (Å²) in [6.45, 7) is 2.25. The Labute approximate surface area is 180 Å². The number of aliphatic hydroxyl groups excluding tert-OH is 1. The van der Waals surface area contributed by atoms with Gasteiger partial charge in [0.15, 0.2) is 0 Å². The van der Waals surface area contributed by atoms with E-state index in [-0.39, 0.29) is 18.8 Å². The number of ether oxygens (including phenoxy) is 4. The third kappa shape index (κ3) is 9.27. The third-order valence-electron chi connectivity index (χ3n) is 4.62. The first kappa shape index (κ1) is 24.4. The van der Waals surface area contributed by atoms with Crippen LogP contribution in [0.3, 0.4) is 0 Å². The first-order valence-electron chi connectivity index (χ1n) is 9.88. The van der Waals surface area contributed by atoms with E-state index in [4.69, 9.17) is 31.5 Å². The number of nitrogens with two attached hydrogens (primary N) is 1. The van der Waals surface area contributed by atoms with Gasteiger partial charge >= 0.3 is 11.5 Å². The number of carbonyl (C=O) groups is 2. The van der Waals surface area contributed by atoms with Crippen LogP contribution < -0.4 is 11.1 Å². The molecule has 30 heavy (non-hydrogen) atoms. The molecule has 0 bridgehead atoms. The molecule has 2 fully saturated rings. The molecule has 1 aromatic carbocycles. The summed E-state index contributed by atoms with van der Waals surface area (Å²) in [6, 6.07) is 9.14. The molecular weight excluding hydrogens is 416 g/mol. The van der Waals surface area contributed by atoms with Crippen LogP contribution >= 0.6 is 11.6 Å². The standard InChI is InChI=1S/C15H22N2O4.C5H7ClO3/c16-9-14(18)13(8-11-4-2-1-3-5-11)17-15(19)21-12-6-7-20-10-12;6-5(7)9-4-1-2-8-3-4/h1-5,12-14,18H,6-10,16H2,(H,17,19);4H,1-3H2/t12-,13-,14+;4-/m00/s1. The minimum absolute atomic E-state index is 0.0737. The number of nitrogens with one attached hydrogen (secondary N) is 1. The summed E-state index contributed by atoms with van der Waals surface area (Å²) in [5.41, 5.74) is 5.77. The monoisotopic (exact) mass is 444 g/mol. The second kappa shape index (κ2) is 13.4. The van der Waals surface area contributed by atoms with Crippen LogP contribution in [0.2, 0.25) is 0 Å². The Hall–Kier alpha value is -1.91. The van der Waals surface area contributed by atoms with E-state index < -0.39 is 23.7 Å². The van der Waals surface area contributed by atoms with Crippen molar-refractivity contribution < 1.29 is 33.6 Å². The van der Waals surface area contributed by atoms with Gasteiger partial charge in [-0.05, 0) is 12.0 Å². The summed E-state index contributed by atoms with van der Waals surface area (Å²) in [5.74, 6) is 0. The predicted molar refractivity (Wildman–Crippen MR) is 109 cm³/mol. The normalized spacial score (nSPS) is 22.4. The Morgan fingerprint density at radius 3 is 2.23 bits per heavy atom. The fourth-order valence-electron chi connectivity index (χ4n) is 3.00. The number of alkyl carbamates (subject to hydrolysis) is 1. The molecule has 0 aromatic heterocycles. The lowest BCUT2D eigenvalue weighted by molar-refractivity contribution is 0.0704. The molecule has 1 aromatic rings. The van der Waals surface area contributed by atoms with Gasteiger partial charge in [-0.25, -0.2) is 9.59 Å². The minimum Gasteiger partial charge on any atom is -0.448 e. The van der Waals surface area contributed by atoms with Gasteiger partial charge in [0, 0.05) is 31.0 Å². The van der Waals surface area contributed by atoms with Crippen molar-refractivity contribution in [1.29, 1.82) is 0 Å². The summed E-state index contributed by atoms with van der Waals surface area (Å²) >= 11 is 4.94. The van der Waals surface area contributed by atoms with E-state index in [1.54, 1.807) is 0 Å². The maximum Gasteiger partial charge on any atom is 0.407 e. The Kier molecular flexibility index (Phi) is 10.9. The number of benzene rings is 1. The lowest BCUT2D eigenvalue weighted by Gasteiger charge is -2.23. The molecule has 0 aliphatic carbocycles. The molecular formula is C20H29ClN2O7. The molecule has 168 valence electrons. The summed E-state index contributed by atoms with van der Waals surface area (Å²) in [7, 11) is 0. The molecule has 1 amide bonds. The third-order valence-corrected chi connectivity index (χ3v) is 4.71. The van der Waals surface area contributed by atoms with Crippen LogP contribution in [0.5, 0.6) is 0 Å². The largest absolute Gasteiger partial charge is 0.448 e. The van der Waals surface area contributed by atoms with Gasteiger partial charge in [-0.2, -0.15) is 0 Å². The van der Waals surface area contributed by atoms with Crippen molar-refractivity contribution in [3.63, 3.8) is 0 Å². The van der Waals surface area contributed by atoms with Crippen molar-refractivity contribution in [2.24, 2.45) is 5.73 Å². The summed E-state index contributed by atoms with van der Waals surface area (Å²) in [6.07, 6.45) is 0.272. The highest BCUT2D eigenvalue weighted by atomic mass is 35.5. The van der Waals surface area contributed by atoms with E-state index in [9.17, 15) is 14.7 Å². The molecule has 2 heterocycles. The topological polar surface area (TPSA) is 129 Å². The lowest BCUT2D eigenvalue weighted by atomic mass is 10.0. The van der Waals surface area contributed by atoms with E-state index in [0.717, 1.165) is 12.0 Å². The van der Waals surface area contributed by atoms with Crippen LogP contribution in [-0.4, -0.2) is 74.0 Å². The molecule has 10 heteroatoms. The molecule has 2 aliphatic heterocycles. The number of aliphatic hydroxyl groups is 1. The number of halogens is 1. The molecule has 0 radical (unpaired) electrons. The Morgan fingerprint density at radius 2 is 1.73 bits per heavy atom. The van der Waals surface area contributed by atoms with Crippen molar-refractivity contribution >= 4 is 23.1 Å². The van der Waals surface area contributed by atoms with Crippen molar-refractivity contribution in [3.8, 4) is 0 Å². The summed E-state index contributed by atoms with van der Waals surface area (Å²) in [4.78, 5) is 22.0. The van der Waals surface area contributed by atoms with E-state index in [1.807, 2.05) is 30.3 Å². The molecule has 3 rings (SSSR count). The van der Waals surface area contributed by atoms with Gasteiger partial charge in [-0.3, -0.25) is 0 Å². The lowest BCUT2D eigenvalue weighted by Crippen LogP contribution is -2.48. The van der Waals surface area contributed by atoms with Crippen LogP contribution in [0.1, 0.15) is 18.4 Å². The highest BCUT2D eigenvalue weighted by Gasteiger charge is 2.25. The summed E-state index contributed by atoms with van der Waals surface area (Å²) < 4.78 is 19.9. The minimum atomic E-state index is -0.822. The Balaban J connectivity index is 0.000000297. The number of hydrogen-bond donors (Lipinski definition) is 3. The number of rotatable bonds is 7. The van der Waals surface area contributed by atoms with Crippen LogP contribution in [0.15, 0.2) is 30.3 Å². The van der Waals surface area contributed by atoms with Crippen molar-refractivity contribution in [2.75, 3.05) is 33.0 Å². The van der Waals surface area contributed by atoms with Gasteiger partial charge in [0.2, 0.25) is 0 Å². The molecule has 2 aliphatic rings. The van der Waals surface area contributed by atoms with Crippen molar-refractivity contribution in [2.45, 2.75) is 43.6 Å². The molecule has 0 unspecified atom stereocenters. The highest BCUT2D eigenvalue weighted by molar-refractivity contribution is 6.61. The smallest absolute Gasteiger partial charge is 0.407 e. The van der Waals surface area contributed by atoms with Crippen LogP contribution in [-0.2, 0) is 25.4 Å². The molecule has 2 saturated heterocycles. The second-order valence-electron chi connectivity index (χ2n) is 6.98. The SMILES string of the molecule is NC[C@@H](O)[C@H](Cc1ccccc1)NC(=O)O[C@H]1CCOC1.O=C(Cl)O[C@H]1CCOC1. The molecule has 0 spiro atoms. The van der Waals surface area contributed by atoms with Crippen molar-refractivity contribution in [1.82, 2.24) is 5.32 Å². The van der Waals surface area contributed by atoms with Gasteiger partial charge in [0.25, 0.3) is 0 Å². The van der Waals surface area contributed by atoms with Crippen LogP contribution in [0.4, 0.5) is 9.59 Å². The molecule has 4 N–H and O–H groups in total. The number of amides is 1. The Bertz CT molecular complexity index is 637. The van der Waals surface area contributed by atoms with E-state index >= 15 is 0 Å². The fourth-order valence-corrected chi connectivity index (χ4v) is 3.12. The maximum atomic E-state index is 11.9. The zero-order valence-corrected chi connectivity index (χ0v) is 17.5. The summed E-state index contributed by atoms with van der Waals surface area (Å²) in [5, 5.41) is 12.7.